The van der Waals surface area contributed by atoms with Crippen molar-refractivity contribution in [3.63, 3.8) is 0 Å². The highest BCUT2D eigenvalue weighted by molar-refractivity contribution is 7.17. The van der Waals surface area contributed by atoms with Gasteiger partial charge in [-0.2, -0.15) is 4.98 Å². The fourth-order valence-electron chi connectivity index (χ4n) is 3.76. The number of urea groups is 1. The van der Waals surface area contributed by atoms with Gasteiger partial charge in [-0.15, -0.1) is 5.10 Å². The van der Waals surface area contributed by atoms with Crippen LogP contribution in [0.2, 0.25) is 0 Å². The van der Waals surface area contributed by atoms with Gasteiger partial charge in [-0.3, -0.25) is 0 Å². The number of nitrogens with one attached hydrogen (secondary N) is 1. The summed E-state index contributed by atoms with van der Waals surface area (Å²) in [6.45, 7) is 4.02. The fraction of sp³-hybridized carbons (Fsp3) is 0.261. The van der Waals surface area contributed by atoms with Crippen LogP contribution in [0.1, 0.15) is 21.7 Å². The van der Waals surface area contributed by atoms with E-state index in [0.29, 0.717) is 19.6 Å². The SMILES string of the molecule is Cc1ccc(-c2nc3sc4c(n3n2)CCN(C(=O)NCCc2ccccc2)C4)cc1. The zero-order chi connectivity index (χ0) is 20.5. The van der Waals surface area contributed by atoms with Gasteiger partial charge in [0.2, 0.25) is 4.96 Å². The van der Waals surface area contributed by atoms with E-state index in [-0.39, 0.29) is 6.03 Å². The van der Waals surface area contributed by atoms with Gasteiger partial charge in [-0.25, -0.2) is 9.31 Å². The summed E-state index contributed by atoms with van der Waals surface area (Å²) in [7, 11) is 0. The highest BCUT2D eigenvalue weighted by Gasteiger charge is 2.26. The quantitative estimate of drug-likeness (QED) is 0.544. The van der Waals surface area contributed by atoms with Gasteiger partial charge in [0, 0.05) is 30.0 Å². The third-order valence-corrected chi connectivity index (χ3v) is 6.51. The number of thiazole rings is 1. The van der Waals surface area contributed by atoms with E-state index in [1.807, 2.05) is 27.6 Å². The van der Waals surface area contributed by atoms with Gasteiger partial charge >= 0.3 is 6.03 Å². The van der Waals surface area contributed by atoms with Crippen molar-refractivity contribution in [2.75, 3.05) is 13.1 Å². The van der Waals surface area contributed by atoms with Crippen LogP contribution < -0.4 is 5.32 Å². The molecule has 7 heteroatoms. The van der Waals surface area contributed by atoms with E-state index >= 15 is 0 Å². The number of carbonyl (C=O) groups is 1. The van der Waals surface area contributed by atoms with E-state index in [0.717, 1.165) is 29.2 Å². The Morgan fingerprint density at radius 2 is 1.93 bits per heavy atom. The third-order valence-electron chi connectivity index (χ3n) is 5.45. The maximum Gasteiger partial charge on any atom is 0.317 e. The van der Waals surface area contributed by atoms with Crippen molar-refractivity contribution >= 4 is 22.3 Å². The second kappa shape index (κ2) is 7.91. The molecule has 0 aliphatic carbocycles. The molecule has 0 bridgehead atoms. The van der Waals surface area contributed by atoms with Crippen LogP contribution in [0, 0.1) is 6.92 Å². The van der Waals surface area contributed by atoms with Gasteiger partial charge < -0.3 is 10.2 Å². The molecule has 2 aromatic heterocycles. The van der Waals surface area contributed by atoms with Crippen LogP contribution in [0.4, 0.5) is 4.79 Å². The molecule has 1 aliphatic rings. The maximum absolute atomic E-state index is 12.6. The Labute approximate surface area is 179 Å². The predicted molar refractivity (Wildman–Crippen MR) is 119 cm³/mol. The Kier molecular flexibility index (Phi) is 4.96. The molecule has 4 aromatic rings. The zero-order valence-corrected chi connectivity index (χ0v) is 17.7. The number of rotatable bonds is 4. The highest BCUT2D eigenvalue weighted by Crippen LogP contribution is 2.29. The number of benzene rings is 2. The molecular weight excluding hydrogens is 394 g/mol. The number of amides is 2. The molecule has 152 valence electrons. The normalized spacial score (nSPS) is 13.4. The molecular formula is C23H23N5OS. The van der Waals surface area contributed by atoms with Crippen molar-refractivity contribution in [2.45, 2.75) is 26.3 Å². The molecule has 0 saturated heterocycles. The van der Waals surface area contributed by atoms with Crippen molar-refractivity contribution in [2.24, 2.45) is 0 Å². The molecule has 2 amide bonds. The Balaban J connectivity index is 1.25. The van der Waals surface area contributed by atoms with Crippen LogP contribution in [0.3, 0.4) is 0 Å². The molecule has 0 spiro atoms. The predicted octanol–water partition coefficient (Wildman–Crippen LogP) is 4.08. The first kappa shape index (κ1) is 18.8. The van der Waals surface area contributed by atoms with Crippen molar-refractivity contribution in [1.82, 2.24) is 24.8 Å². The highest BCUT2D eigenvalue weighted by atomic mass is 32.1. The van der Waals surface area contributed by atoms with Crippen molar-refractivity contribution < 1.29 is 4.79 Å². The summed E-state index contributed by atoms with van der Waals surface area (Å²) in [5.41, 5.74) is 4.66. The lowest BCUT2D eigenvalue weighted by Crippen LogP contribution is -2.43. The zero-order valence-electron chi connectivity index (χ0n) is 16.8. The maximum atomic E-state index is 12.6. The van der Waals surface area contributed by atoms with Crippen molar-refractivity contribution in [3.05, 3.63) is 76.3 Å². The minimum atomic E-state index is -0.00377. The lowest BCUT2D eigenvalue weighted by atomic mass is 10.1. The van der Waals surface area contributed by atoms with E-state index in [9.17, 15) is 4.79 Å². The average molecular weight is 418 g/mol. The fourth-order valence-corrected chi connectivity index (χ4v) is 4.87. The van der Waals surface area contributed by atoms with Crippen molar-refractivity contribution in [3.8, 4) is 11.4 Å². The number of hydrogen-bond acceptors (Lipinski definition) is 4. The minimum Gasteiger partial charge on any atom is -0.338 e. The molecule has 0 saturated carbocycles. The monoisotopic (exact) mass is 417 g/mol. The van der Waals surface area contributed by atoms with Gasteiger partial charge in [-0.05, 0) is 18.9 Å². The van der Waals surface area contributed by atoms with Gasteiger partial charge in [0.1, 0.15) is 0 Å². The van der Waals surface area contributed by atoms with E-state index in [4.69, 9.17) is 10.1 Å². The molecule has 1 N–H and O–H groups in total. The van der Waals surface area contributed by atoms with Gasteiger partial charge in [0.05, 0.1) is 12.2 Å². The first-order chi connectivity index (χ1) is 14.7. The van der Waals surface area contributed by atoms with Crippen molar-refractivity contribution in [1.29, 1.82) is 0 Å². The Morgan fingerprint density at radius 1 is 1.13 bits per heavy atom. The average Bonchev–Trinajstić information content (AvgIpc) is 3.32. The summed E-state index contributed by atoms with van der Waals surface area (Å²) in [5, 5.41) is 7.78. The minimum absolute atomic E-state index is 0.00377. The van der Waals surface area contributed by atoms with Gasteiger partial charge in [0.15, 0.2) is 5.82 Å². The first-order valence-corrected chi connectivity index (χ1v) is 11.0. The molecule has 0 unspecified atom stereocenters. The largest absolute Gasteiger partial charge is 0.338 e. The summed E-state index contributed by atoms with van der Waals surface area (Å²) in [4.78, 5) is 21.3. The standard InChI is InChI=1S/C23H23N5OS/c1-16-7-9-18(10-8-16)21-25-23-28(26-21)19-12-14-27(15-20(19)30-23)22(29)24-13-11-17-5-3-2-4-6-17/h2-10H,11-15H2,1H3,(H,24,29). The van der Waals surface area contributed by atoms with E-state index in [2.05, 4.69) is 48.6 Å². The summed E-state index contributed by atoms with van der Waals surface area (Å²) in [6, 6.07) is 18.5. The van der Waals surface area contributed by atoms with E-state index < -0.39 is 0 Å². The molecule has 0 atom stereocenters. The van der Waals surface area contributed by atoms with Crippen LogP contribution >= 0.6 is 11.3 Å². The Bertz CT molecular complexity index is 1180. The molecule has 6 nitrogen and oxygen atoms in total. The molecule has 0 radical (unpaired) electrons. The smallest absolute Gasteiger partial charge is 0.317 e. The number of carbonyl (C=O) groups excluding carboxylic acids is 1. The van der Waals surface area contributed by atoms with Crippen LogP contribution in [0.15, 0.2) is 54.6 Å². The topological polar surface area (TPSA) is 62.5 Å². The van der Waals surface area contributed by atoms with Crippen LogP contribution in [0.5, 0.6) is 0 Å². The molecule has 2 aromatic carbocycles. The Morgan fingerprint density at radius 3 is 2.73 bits per heavy atom. The van der Waals surface area contributed by atoms with E-state index in [1.54, 1.807) is 11.3 Å². The summed E-state index contributed by atoms with van der Waals surface area (Å²) >= 11 is 1.63. The van der Waals surface area contributed by atoms with Gasteiger partial charge in [-0.1, -0.05) is 71.5 Å². The van der Waals surface area contributed by atoms with Crippen LogP contribution in [-0.4, -0.2) is 38.6 Å². The number of hydrogen-bond donors (Lipinski definition) is 1. The summed E-state index contributed by atoms with van der Waals surface area (Å²) in [5.74, 6) is 0.755. The second-order valence-corrected chi connectivity index (χ2v) is 8.67. The molecule has 3 heterocycles. The number of fused-ring (bicyclic) bond motifs is 3. The molecule has 1 aliphatic heterocycles. The Hall–Kier alpha value is -3.19. The molecule has 30 heavy (non-hydrogen) atoms. The van der Waals surface area contributed by atoms with E-state index in [1.165, 1.54) is 21.7 Å². The van der Waals surface area contributed by atoms with Crippen LogP contribution in [-0.2, 0) is 19.4 Å². The van der Waals surface area contributed by atoms with Gasteiger partial charge in [0.25, 0.3) is 0 Å². The first-order valence-electron chi connectivity index (χ1n) is 10.2. The second-order valence-electron chi connectivity index (χ2n) is 7.61. The number of aromatic nitrogens is 3. The lowest BCUT2D eigenvalue weighted by Gasteiger charge is -2.26. The molecule has 5 rings (SSSR count). The molecule has 0 fully saturated rings. The number of aryl methyl sites for hydroxylation is 1. The lowest BCUT2D eigenvalue weighted by molar-refractivity contribution is 0.192. The number of nitrogens with zero attached hydrogens (tertiary/aromatic N) is 4. The summed E-state index contributed by atoms with van der Waals surface area (Å²) in [6.07, 6.45) is 1.63. The van der Waals surface area contributed by atoms with Crippen LogP contribution in [0.25, 0.3) is 16.3 Å². The third kappa shape index (κ3) is 3.68. The summed E-state index contributed by atoms with van der Waals surface area (Å²) < 4.78 is 1.96.